The lowest BCUT2D eigenvalue weighted by Crippen LogP contribution is -2.35. The quantitative estimate of drug-likeness (QED) is 0.584. The predicted octanol–water partition coefficient (Wildman–Crippen LogP) is 4.24. The number of rotatable bonds is 3. The van der Waals surface area contributed by atoms with Crippen LogP contribution < -0.4 is 11.1 Å². The SMILES string of the molecule is N[C@@H]1CCC[C@H](Nc2nc(-c3cn(C(=O)O)c4c(F)cc(Cl)cc34)ncc2F)C1. The highest BCUT2D eigenvalue weighted by molar-refractivity contribution is 6.31. The van der Waals surface area contributed by atoms with Gasteiger partial charge in [0.05, 0.1) is 11.7 Å². The van der Waals surface area contributed by atoms with Crippen molar-refractivity contribution in [2.24, 2.45) is 5.73 Å². The van der Waals surface area contributed by atoms with Crippen LogP contribution in [0.4, 0.5) is 19.4 Å². The van der Waals surface area contributed by atoms with Crippen molar-refractivity contribution in [1.82, 2.24) is 14.5 Å². The summed E-state index contributed by atoms with van der Waals surface area (Å²) in [5.74, 6) is -1.38. The fourth-order valence-electron chi connectivity index (χ4n) is 3.76. The number of anilines is 1. The number of carboxylic acid groups (broad SMARTS) is 1. The third kappa shape index (κ3) is 3.75. The first-order valence-corrected chi connectivity index (χ1v) is 9.49. The number of benzene rings is 1. The van der Waals surface area contributed by atoms with Gasteiger partial charge < -0.3 is 16.2 Å². The molecule has 4 rings (SSSR count). The number of nitrogens with two attached hydrogens (primary N) is 1. The maximum Gasteiger partial charge on any atom is 0.416 e. The highest BCUT2D eigenvalue weighted by atomic mass is 35.5. The van der Waals surface area contributed by atoms with E-state index in [4.69, 9.17) is 17.3 Å². The van der Waals surface area contributed by atoms with Crippen LogP contribution in [0.3, 0.4) is 0 Å². The number of carbonyl (C=O) groups is 1. The topological polar surface area (TPSA) is 106 Å². The Morgan fingerprint density at radius 2 is 2.10 bits per heavy atom. The number of halogens is 3. The molecule has 0 radical (unpaired) electrons. The normalized spacial score (nSPS) is 19.4. The van der Waals surface area contributed by atoms with Gasteiger partial charge in [-0.3, -0.25) is 0 Å². The lowest BCUT2D eigenvalue weighted by Gasteiger charge is -2.27. The Labute approximate surface area is 169 Å². The van der Waals surface area contributed by atoms with Crippen molar-refractivity contribution in [3.05, 3.63) is 41.2 Å². The maximum absolute atomic E-state index is 14.4. The van der Waals surface area contributed by atoms with Gasteiger partial charge in [0.25, 0.3) is 0 Å². The highest BCUT2D eigenvalue weighted by Gasteiger charge is 2.23. The van der Waals surface area contributed by atoms with Crippen molar-refractivity contribution in [3.63, 3.8) is 0 Å². The first-order chi connectivity index (χ1) is 13.8. The Balaban J connectivity index is 1.79. The van der Waals surface area contributed by atoms with Gasteiger partial charge in [-0.2, -0.15) is 0 Å². The molecule has 7 nitrogen and oxygen atoms in total. The zero-order valence-corrected chi connectivity index (χ0v) is 16.0. The molecule has 3 aromatic rings. The van der Waals surface area contributed by atoms with Gasteiger partial charge in [-0.05, 0) is 37.8 Å². The van der Waals surface area contributed by atoms with Gasteiger partial charge >= 0.3 is 6.09 Å². The minimum Gasteiger partial charge on any atom is -0.464 e. The minimum absolute atomic E-state index is 0.00664. The number of nitrogens with one attached hydrogen (secondary N) is 1. The Bertz CT molecular complexity index is 1100. The van der Waals surface area contributed by atoms with Crippen LogP contribution in [0.25, 0.3) is 22.3 Å². The summed E-state index contributed by atoms with van der Waals surface area (Å²) in [6.07, 6.45) is 4.21. The van der Waals surface area contributed by atoms with Crippen LogP contribution in [0.5, 0.6) is 0 Å². The van der Waals surface area contributed by atoms with E-state index >= 15 is 0 Å². The van der Waals surface area contributed by atoms with Gasteiger partial charge in [0.1, 0.15) is 5.82 Å². The van der Waals surface area contributed by atoms with Gasteiger partial charge in [-0.15, -0.1) is 0 Å². The van der Waals surface area contributed by atoms with Gasteiger partial charge in [0.15, 0.2) is 17.5 Å². The molecule has 1 aliphatic rings. The van der Waals surface area contributed by atoms with Crippen LogP contribution in [0.1, 0.15) is 25.7 Å². The predicted molar refractivity (Wildman–Crippen MR) is 105 cm³/mol. The summed E-state index contributed by atoms with van der Waals surface area (Å²) in [6.45, 7) is 0. The first-order valence-electron chi connectivity index (χ1n) is 9.12. The molecule has 0 spiro atoms. The Hall–Kier alpha value is -2.78. The molecule has 1 aromatic carbocycles. The largest absolute Gasteiger partial charge is 0.464 e. The minimum atomic E-state index is -1.38. The van der Waals surface area contributed by atoms with E-state index in [1.54, 1.807) is 0 Å². The van der Waals surface area contributed by atoms with Crippen molar-refractivity contribution < 1.29 is 18.7 Å². The van der Waals surface area contributed by atoms with Crippen molar-refractivity contribution in [2.45, 2.75) is 37.8 Å². The summed E-state index contributed by atoms with van der Waals surface area (Å²) < 4.78 is 29.4. The van der Waals surface area contributed by atoms with E-state index in [1.807, 2.05) is 0 Å². The lowest BCUT2D eigenvalue weighted by molar-refractivity contribution is 0.197. The van der Waals surface area contributed by atoms with E-state index in [2.05, 4.69) is 15.3 Å². The van der Waals surface area contributed by atoms with Gasteiger partial charge in [-0.1, -0.05) is 11.6 Å². The molecule has 2 atom stereocenters. The summed E-state index contributed by atoms with van der Waals surface area (Å²) in [6, 6.07) is 2.47. The zero-order chi connectivity index (χ0) is 20.7. The first kappa shape index (κ1) is 19.5. The Kier molecular flexibility index (Phi) is 5.10. The smallest absolute Gasteiger partial charge is 0.416 e. The van der Waals surface area contributed by atoms with Crippen molar-refractivity contribution >= 4 is 34.4 Å². The average Bonchev–Trinajstić information content (AvgIpc) is 3.03. The van der Waals surface area contributed by atoms with Crippen molar-refractivity contribution in [2.75, 3.05) is 5.32 Å². The summed E-state index contributed by atoms with van der Waals surface area (Å²) in [5.41, 5.74) is 6.05. The van der Waals surface area contributed by atoms with Crippen molar-refractivity contribution in [3.8, 4) is 11.4 Å². The molecule has 0 aliphatic heterocycles. The van der Waals surface area contributed by atoms with Crippen LogP contribution in [0.15, 0.2) is 24.5 Å². The number of hydrogen-bond donors (Lipinski definition) is 3. The third-order valence-electron chi connectivity index (χ3n) is 5.06. The number of hydrogen-bond acceptors (Lipinski definition) is 5. The number of aromatic nitrogens is 3. The molecule has 1 fully saturated rings. The number of nitrogens with zero attached hydrogens (tertiary/aromatic N) is 3. The maximum atomic E-state index is 14.4. The summed E-state index contributed by atoms with van der Waals surface area (Å²) in [7, 11) is 0. The fourth-order valence-corrected chi connectivity index (χ4v) is 3.96. The van der Waals surface area contributed by atoms with E-state index in [-0.39, 0.29) is 45.2 Å². The highest BCUT2D eigenvalue weighted by Crippen LogP contribution is 2.33. The number of fused-ring (bicyclic) bond motifs is 1. The van der Waals surface area contributed by atoms with E-state index in [0.29, 0.717) is 6.42 Å². The van der Waals surface area contributed by atoms with E-state index in [0.717, 1.165) is 36.1 Å². The molecular weight excluding hydrogens is 404 g/mol. The summed E-state index contributed by atoms with van der Waals surface area (Å²) in [5, 5.41) is 12.8. The Morgan fingerprint density at radius 1 is 1.31 bits per heavy atom. The monoisotopic (exact) mass is 421 g/mol. The van der Waals surface area contributed by atoms with Crippen LogP contribution in [0.2, 0.25) is 5.02 Å². The van der Waals surface area contributed by atoms with E-state index in [1.165, 1.54) is 12.3 Å². The molecule has 0 bridgehead atoms. The second kappa shape index (κ2) is 7.57. The molecule has 2 aromatic heterocycles. The molecule has 0 unspecified atom stereocenters. The molecule has 0 saturated heterocycles. The second-order valence-electron chi connectivity index (χ2n) is 7.14. The van der Waals surface area contributed by atoms with Crippen LogP contribution in [-0.2, 0) is 0 Å². The van der Waals surface area contributed by atoms with Crippen LogP contribution >= 0.6 is 11.6 Å². The summed E-state index contributed by atoms with van der Waals surface area (Å²) in [4.78, 5) is 19.8. The molecule has 10 heteroatoms. The molecule has 0 amide bonds. The van der Waals surface area contributed by atoms with Crippen LogP contribution in [0, 0.1) is 11.6 Å². The Morgan fingerprint density at radius 3 is 2.83 bits per heavy atom. The van der Waals surface area contributed by atoms with Crippen LogP contribution in [-0.4, -0.2) is 37.8 Å². The molecule has 4 N–H and O–H groups in total. The summed E-state index contributed by atoms with van der Waals surface area (Å²) >= 11 is 5.95. The van der Waals surface area contributed by atoms with E-state index < -0.39 is 17.7 Å². The molecular formula is C19H18ClF2N5O2. The second-order valence-corrected chi connectivity index (χ2v) is 7.57. The van der Waals surface area contributed by atoms with Gasteiger partial charge in [0, 0.05) is 34.3 Å². The van der Waals surface area contributed by atoms with Crippen molar-refractivity contribution in [1.29, 1.82) is 0 Å². The average molecular weight is 422 g/mol. The van der Waals surface area contributed by atoms with Gasteiger partial charge in [-0.25, -0.2) is 28.1 Å². The molecule has 29 heavy (non-hydrogen) atoms. The molecule has 152 valence electrons. The zero-order valence-electron chi connectivity index (χ0n) is 15.2. The standard InChI is InChI=1S/C19H18ClF2N5O2/c20-9-4-12-13(8-27(19(28)29)16(12)14(21)5-9)17-24-7-15(22)18(26-17)25-11-3-1-2-10(23)6-11/h4-5,7-8,10-11H,1-3,6,23H2,(H,28,29)(H,24,25,26)/t10-,11+/m1/s1. The third-order valence-corrected chi connectivity index (χ3v) is 5.28. The fraction of sp³-hybridized carbons (Fsp3) is 0.316. The van der Waals surface area contributed by atoms with E-state index in [9.17, 15) is 18.7 Å². The molecule has 2 heterocycles. The van der Waals surface area contributed by atoms with Gasteiger partial charge in [0.2, 0.25) is 0 Å². The molecule has 1 saturated carbocycles. The molecule has 1 aliphatic carbocycles. The lowest BCUT2D eigenvalue weighted by atomic mass is 9.92.